The SMILES string of the molecule is CC(=O)N1CCc2nc(-c3ccccc3)nn2CC1. The van der Waals surface area contributed by atoms with Crippen molar-refractivity contribution < 1.29 is 4.79 Å². The molecule has 2 aromatic rings. The summed E-state index contributed by atoms with van der Waals surface area (Å²) in [6, 6.07) is 9.97. The quantitative estimate of drug-likeness (QED) is 0.774. The molecule has 1 aromatic heterocycles. The van der Waals surface area contributed by atoms with Gasteiger partial charge in [-0.15, -0.1) is 0 Å². The average Bonchev–Trinajstić information content (AvgIpc) is 2.73. The molecular formula is C14H16N4O. The first-order valence-corrected chi connectivity index (χ1v) is 6.49. The maximum atomic E-state index is 11.4. The fraction of sp³-hybridized carbons (Fsp3) is 0.357. The van der Waals surface area contributed by atoms with Crippen LogP contribution in [-0.4, -0.2) is 38.7 Å². The van der Waals surface area contributed by atoms with Crippen molar-refractivity contribution in [1.29, 1.82) is 0 Å². The van der Waals surface area contributed by atoms with Gasteiger partial charge in [0.05, 0.1) is 6.54 Å². The third-order valence-electron chi connectivity index (χ3n) is 3.41. The lowest BCUT2D eigenvalue weighted by Crippen LogP contribution is -2.31. The van der Waals surface area contributed by atoms with Crippen molar-refractivity contribution in [3.63, 3.8) is 0 Å². The molecule has 3 rings (SSSR count). The molecule has 0 spiro atoms. The van der Waals surface area contributed by atoms with E-state index in [0.29, 0.717) is 6.54 Å². The van der Waals surface area contributed by atoms with Gasteiger partial charge >= 0.3 is 0 Å². The molecule has 1 amide bonds. The molecule has 0 N–H and O–H groups in total. The van der Waals surface area contributed by atoms with E-state index in [-0.39, 0.29) is 5.91 Å². The van der Waals surface area contributed by atoms with E-state index >= 15 is 0 Å². The van der Waals surface area contributed by atoms with Crippen molar-refractivity contribution in [3.8, 4) is 11.4 Å². The second kappa shape index (κ2) is 4.84. The van der Waals surface area contributed by atoms with Crippen LogP contribution in [0.2, 0.25) is 0 Å². The van der Waals surface area contributed by atoms with Gasteiger partial charge in [0.15, 0.2) is 5.82 Å². The number of amides is 1. The maximum Gasteiger partial charge on any atom is 0.219 e. The monoisotopic (exact) mass is 256 g/mol. The zero-order valence-corrected chi connectivity index (χ0v) is 10.9. The summed E-state index contributed by atoms with van der Waals surface area (Å²) in [5.74, 6) is 1.85. The smallest absolute Gasteiger partial charge is 0.219 e. The van der Waals surface area contributed by atoms with Crippen LogP contribution in [0.5, 0.6) is 0 Å². The topological polar surface area (TPSA) is 51.0 Å². The molecule has 0 radical (unpaired) electrons. The van der Waals surface area contributed by atoms with Crippen LogP contribution in [0.15, 0.2) is 30.3 Å². The first kappa shape index (κ1) is 11.9. The molecule has 0 fully saturated rings. The third kappa shape index (κ3) is 2.36. The Hall–Kier alpha value is -2.17. The molecule has 98 valence electrons. The highest BCUT2D eigenvalue weighted by atomic mass is 16.2. The van der Waals surface area contributed by atoms with Crippen LogP contribution in [0.1, 0.15) is 12.7 Å². The summed E-state index contributed by atoms with van der Waals surface area (Å²) in [6.07, 6.45) is 0.763. The molecule has 0 aliphatic carbocycles. The van der Waals surface area contributed by atoms with Gasteiger partial charge in [-0.1, -0.05) is 30.3 Å². The zero-order valence-electron chi connectivity index (χ0n) is 10.9. The molecule has 0 atom stereocenters. The van der Waals surface area contributed by atoms with Gasteiger partial charge in [-0.3, -0.25) is 4.79 Å². The lowest BCUT2D eigenvalue weighted by Gasteiger charge is -2.16. The number of benzene rings is 1. The first-order valence-electron chi connectivity index (χ1n) is 6.49. The molecule has 5 nitrogen and oxygen atoms in total. The highest BCUT2D eigenvalue weighted by Gasteiger charge is 2.18. The van der Waals surface area contributed by atoms with Crippen LogP contribution in [0.3, 0.4) is 0 Å². The highest BCUT2D eigenvalue weighted by Crippen LogP contribution is 2.16. The Balaban J connectivity index is 1.85. The fourth-order valence-electron chi connectivity index (χ4n) is 2.32. The van der Waals surface area contributed by atoms with Gasteiger partial charge in [0.2, 0.25) is 5.91 Å². The van der Waals surface area contributed by atoms with E-state index in [0.717, 1.165) is 36.7 Å². The van der Waals surface area contributed by atoms with Gasteiger partial charge in [0, 0.05) is 32.0 Å². The second-order valence-electron chi connectivity index (χ2n) is 4.70. The predicted molar refractivity (Wildman–Crippen MR) is 71.4 cm³/mol. The molecule has 5 heteroatoms. The highest BCUT2D eigenvalue weighted by molar-refractivity contribution is 5.73. The molecule has 19 heavy (non-hydrogen) atoms. The first-order chi connectivity index (χ1) is 9.24. The molecule has 1 aliphatic rings. The number of aromatic nitrogens is 3. The van der Waals surface area contributed by atoms with E-state index in [2.05, 4.69) is 10.1 Å². The summed E-state index contributed by atoms with van der Waals surface area (Å²) >= 11 is 0. The molecule has 0 saturated heterocycles. The lowest BCUT2D eigenvalue weighted by molar-refractivity contribution is -0.128. The minimum Gasteiger partial charge on any atom is -0.341 e. The van der Waals surface area contributed by atoms with E-state index in [1.807, 2.05) is 39.9 Å². The van der Waals surface area contributed by atoms with Crippen molar-refractivity contribution >= 4 is 5.91 Å². The van der Waals surface area contributed by atoms with E-state index in [4.69, 9.17) is 0 Å². The number of carbonyl (C=O) groups is 1. The van der Waals surface area contributed by atoms with Gasteiger partial charge in [0.1, 0.15) is 5.82 Å². The van der Waals surface area contributed by atoms with Crippen LogP contribution in [-0.2, 0) is 17.8 Å². The summed E-state index contributed by atoms with van der Waals surface area (Å²) in [5.41, 5.74) is 1.03. The minimum absolute atomic E-state index is 0.119. The minimum atomic E-state index is 0.119. The molecule has 0 saturated carbocycles. The van der Waals surface area contributed by atoms with Crippen molar-refractivity contribution in [2.24, 2.45) is 0 Å². The van der Waals surface area contributed by atoms with Crippen molar-refractivity contribution in [2.45, 2.75) is 19.9 Å². The Kier molecular flexibility index (Phi) is 3.03. The zero-order chi connectivity index (χ0) is 13.2. The van der Waals surface area contributed by atoms with Crippen LogP contribution in [0.4, 0.5) is 0 Å². The van der Waals surface area contributed by atoms with Crippen LogP contribution >= 0.6 is 0 Å². The number of fused-ring (bicyclic) bond motifs is 1. The predicted octanol–water partition coefficient (Wildman–Crippen LogP) is 1.35. The van der Waals surface area contributed by atoms with Gasteiger partial charge in [-0.2, -0.15) is 5.10 Å². The number of hydrogen-bond donors (Lipinski definition) is 0. The molecular weight excluding hydrogens is 240 g/mol. The number of nitrogens with zero attached hydrogens (tertiary/aromatic N) is 4. The Morgan fingerprint density at radius 2 is 1.95 bits per heavy atom. The lowest BCUT2D eigenvalue weighted by atomic mass is 10.2. The summed E-state index contributed by atoms with van der Waals surface area (Å²) in [7, 11) is 0. The Morgan fingerprint density at radius 3 is 2.68 bits per heavy atom. The third-order valence-corrected chi connectivity index (χ3v) is 3.41. The van der Waals surface area contributed by atoms with Crippen LogP contribution in [0, 0.1) is 0 Å². The van der Waals surface area contributed by atoms with E-state index in [1.165, 1.54) is 0 Å². The summed E-state index contributed by atoms with van der Waals surface area (Å²) in [5, 5.41) is 4.54. The maximum absolute atomic E-state index is 11.4. The van der Waals surface area contributed by atoms with Crippen molar-refractivity contribution in [1.82, 2.24) is 19.7 Å². The van der Waals surface area contributed by atoms with Gasteiger partial charge in [0.25, 0.3) is 0 Å². The van der Waals surface area contributed by atoms with Gasteiger partial charge in [-0.25, -0.2) is 9.67 Å². The largest absolute Gasteiger partial charge is 0.341 e. The Bertz CT molecular complexity index is 565. The van der Waals surface area contributed by atoms with Crippen LogP contribution in [0.25, 0.3) is 11.4 Å². The fourth-order valence-corrected chi connectivity index (χ4v) is 2.32. The van der Waals surface area contributed by atoms with E-state index in [9.17, 15) is 4.79 Å². The van der Waals surface area contributed by atoms with E-state index in [1.54, 1.807) is 6.92 Å². The molecule has 0 bridgehead atoms. The van der Waals surface area contributed by atoms with Crippen LogP contribution < -0.4 is 0 Å². The standard InChI is InChI=1S/C14H16N4O/c1-11(19)17-8-7-13-15-14(16-18(13)10-9-17)12-5-3-2-4-6-12/h2-6H,7-10H2,1H3. The normalized spacial score (nSPS) is 14.9. The Labute approximate surface area is 111 Å². The summed E-state index contributed by atoms with van der Waals surface area (Å²) < 4.78 is 1.92. The van der Waals surface area contributed by atoms with Crippen molar-refractivity contribution in [2.75, 3.05) is 13.1 Å². The molecule has 2 heterocycles. The summed E-state index contributed by atoms with van der Waals surface area (Å²) in [6.45, 7) is 3.76. The average molecular weight is 256 g/mol. The number of hydrogen-bond acceptors (Lipinski definition) is 3. The Morgan fingerprint density at radius 1 is 1.16 bits per heavy atom. The summed E-state index contributed by atoms with van der Waals surface area (Å²) in [4.78, 5) is 17.8. The van der Waals surface area contributed by atoms with E-state index < -0.39 is 0 Å². The molecule has 1 aromatic carbocycles. The van der Waals surface area contributed by atoms with Crippen molar-refractivity contribution in [3.05, 3.63) is 36.2 Å². The van der Waals surface area contributed by atoms with Gasteiger partial charge in [-0.05, 0) is 0 Å². The second-order valence-corrected chi connectivity index (χ2v) is 4.70. The molecule has 1 aliphatic heterocycles. The number of rotatable bonds is 1. The number of carbonyl (C=O) groups excluding carboxylic acids is 1. The molecule has 0 unspecified atom stereocenters. The van der Waals surface area contributed by atoms with Gasteiger partial charge < -0.3 is 4.90 Å².